The van der Waals surface area contributed by atoms with Crippen LogP contribution in [0.4, 0.5) is 5.69 Å². The van der Waals surface area contributed by atoms with E-state index in [-0.39, 0.29) is 11.5 Å². The van der Waals surface area contributed by atoms with Gasteiger partial charge in [0, 0.05) is 12.2 Å². The summed E-state index contributed by atoms with van der Waals surface area (Å²) in [7, 11) is 0. The van der Waals surface area contributed by atoms with Crippen LogP contribution in [0.15, 0.2) is 18.2 Å². The number of rotatable bonds is 2. The Bertz CT molecular complexity index is 439. The van der Waals surface area contributed by atoms with E-state index in [9.17, 15) is 5.11 Å². The maximum absolute atomic E-state index is 9.42. The maximum atomic E-state index is 9.42. The van der Waals surface area contributed by atoms with Crippen molar-refractivity contribution in [2.45, 2.75) is 44.6 Å². The van der Waals surface area contributed by atoms with Gasteiger partial charge in [-0.05, 0) is 47.8 Å². The molecular weight excluding hydrogens is 210 g/mol. The lowest BCUT2D eigenvalue weighted by Crippen LogP contribution is -2.28. The van der Waals surface area contributed by atoms with E-state index in [2.05, 4.69) is 37.4 Å². The summed E-state index contributed by atoms with van der Waals surface area (Å²) < 4.78 is 0. The Kier molecular flexibility index (Phi) is 2.44. The van der Waals surface area contributed by atoms with Crippen LogP contribution < -0.4 is 5.32 Å². The van der Waals surface area contributed by atoms with Crippen LogP contribution in [0.2, 0.25) is 0 Å². The van der Waals surface area contributed by atoms with E-state index in [0.29, 0.717) is 5.92 Å². The highest BCUT2D eigenvalue weighted by Gasteiger charge is 2.35. The van der Waals surface area contributed by atoms with Gasteiger partial charge >= 0.3 is 0 Å². The molecule has 0 saturated heterocycles. The fourth-order valence-corrected chi connectivity index (χ4v) is 2.83. The van der Waals surface area contributed by atoms with Crippen LogP contribution in [-0.2, 0) is 11.8 Å². The molecule has 1 aromatic carbocycles. The van der Waals surface area contributed by atoms with Crippen molar-refractivity contribution in [2.24, 2.45) is 5.92 Å². The first-order valence-electron chi connectivity index (χ1n) is 6.61. The van der Waals surface area contributed by atoms with E-state index in [1.807, 2.05) is 0 Å². The van der Waals surface area contributed by atoms with Gasteiger partial charge in [-0.2, -0.15) is 0 Å². The van der Waals surface area contributed by atoms with Gasteiger partial charge in [0.2, 0.25) is 0 Å². The van der Waals surface area contributed by atoms with Gasteiger partial charge in [0.1, 0.15) is 0 Å². The molecule has 2 atom stereocenters. The number of hydrogen-bond acceptors (Lipinski definition) is 2. The van der Waals surface area contributed by atoms with Gasteiger partial charge in [0.15, 0.2) is 0 Å². The zero-order valence-corrected chi connectivity index (χ0v) is 10.7. The Hall–Kier alpha value is -1.02. The van der Waals surface area contributed by atoms with Crippen molar-refractivity contribution in [3.05, 3.63) is 29.3 Å². The second-order valence-corrected chi connectivity index (χ2v) is 6.21. The number of anilines is 1. The predicted molar refractivity (Wildman–Crippen MR) is 70.4 cm³/mol. The van der Waals surface area contributed by atoms with E-state index in [1.165, 1.54) is 23.2 Å². The molecule has 1 fully saturated rings. The average molecular weight is 231 g/mol. The van der Waals surface area contributed by atoms with E-state index < -0.39 is 0 Å². The molecule has 92 valence electrons. The maximum Gasteiger partial charge on any atom is 0.0576 e. The van der Waals surface area contributed by atoms with Gasteiger partial charge in [0.05, 0.1) is 6.10 Å². The van der Waals surface area contributed by atoms with Crippen molar-refractivity contribution in [1.29, 1.82) is 0 Å². The fourth-order valence-electron chi connectivity index (χ4n) is 2.83. The first-order chi connectivity index (χ1) is 8.06. The molecule has 17 heavy (non-hydrogen) atoms. The van der Waals surface area contributed by atoms with Crippen molar-refractivity contribution in [3.63, 3.8) is 0 Å². The highest BCUT2D eigenvalue weighted by atomic mass is 16.3. The zero-order chi connectivity index (χ0) is 12.0. The van der Waals surface area contributed by atoms with E-state index >= 15 is 0 Å². The van der Waals surface area contributed by atoms with Gasteiger partial charge < -0.3 is 10.4 Å². The summed E-state index contributed by atoms with van der Waals surface area (Å²) in [5.41, 5.74) is 4.39. The van der Waals surface area contributed by atoms with Crippen LogP contribution in [0.1, 0.15) is 37.8 Å². The molecule has 2 unspecified atom stereocenters. The summed E-state index contributed by atoms with van der Waals surface area (Å²) in [4.78, 5) is 0. The molecule has 3 rings (SSSR count). The molecule has 2 aliphatic rings. The summed E-state index contributed by atoms with van der Waals surface area (Å²) in [5, 5.41) is 12.9. The Morgan fingerprint density at radius 3 is 2.88 bits per heavy atom. The van der Waals surface area contributed by atoms with Gasteiger partial charge in [-0.3, -0.25) is 0 Å². The molecule has 1 heterocycles. The molecule has 1 aliphatic carbocycles. The second kappa shape index (κ2) is 3.74. The highest BCUT2D eigenvalue weighted by molar-refractivity contribution is 5.57. The lowest BCUT2D eigenvalue weighted by molar-refractivity contribution is 0.259. The zero-order valence-electron chi connectivity index (χ0n) is 10.7. The summed E-state index contributed by atoms with van der Waals surface area (Å²) >= 11 is 0. The van der Waals surface area contributed by atoms with Crippen molar-refractivity contribution in [1.82, 2.24) is 0 Å². The first kappa shape index (κ1) is 11.1. The van der Waals surface area contributed by atoms with Crippen molar-refractivity contribution < 1.29 is 5.11 Å². The number of benzene rings is 1. The third kappa shape index (κ3) is 2.06. The topological polar surface area (TPSA) is 32.3 Å². The summed E-state index contributed by atoms with van der Waals surface area (Å²) in [5.74, 6) is 0.507. The Morgan fingerprint density at radius 1 is 1.41 bits per heavy atom. The molecule has 2 N–H and O–H groups in total. The molecule has 1 aliphatic heterocycles. The smallest absolute Gasteiger partial charge is 0.0576 e. The highest BCUT2D eigenvalue weighted by Crippen LogP contribution is 2.39. The van der Waals surface area contributed by atoms with Gasteiger partial charge in [0.25, 0.3) is 0 Å². The van der Waals surface area contributed by atoms with Crippen LogP contribution in [-0.4, -0.2) is 17.8 Å². The van der Waals surface area contributed by atoms with Crippen LogP contribution in [0.3, 0.4) is 0 Å². The van der Waals surface area contributed by atoms with E-state index in [1.54, 1.807) is 0 Å². The molecule has 0 aromatic heterocycles. The van der Waals surface area contributed by atoms with Gasteiger partial charge in [-0.25, -0.2) is 0 Å². The molecule has 0 spiro atoms. The van der Waals surface area contributed by atoms with Crippen LogP contribution >= 0.6 is 0 Å². The van der Waals surface area contributed by atoms with Gasteiger partial charge in [-0.15, -0.1) is 0 Å². The van der Waals surface area contributed by atoms with Gasteiger partial charge in [-0.1, -0.05) is 26.0 Å². The minimum Gasteiger partial charge on any atom is -0.393 e. The molecule has 2 heteroatoms. The lowest BCUT2D eigenvalue weighted by atomic mass is 9.77. The monoisotopic (exact) mass is 231 g/mol. The number of aliphatic hydroxyl groups excluding tert-OH is 1. The second-order valence-electron chi connectivity index (χ2n) is 6.21. The van der Waals surface area contributed by atoms with Crippen LogP contribution in [0.25, 0.3) is 0 Å². The molecule has 2 nitrogen and oxygen atoms in total. The quantitative estimate of drug-likeness (QED) is 0.820. The molecular formula is C15H21NO. The SMILES string of the molecule is CC1(C)CCNc2ccc(CC3CC3O)cc21. The molecule has 1 saturated carbocycles. The molecule has 0 amide bonds. The Labute approximate surface area is 103 Å². The lowest BCUT2D eigenvalue weighted by Gasteiger charge is -2.33. The third-order valence-electron chi connectivity index (χ3n) is 4.26. The Balaban J connectivity index is 1.88. The largest absolute Gasteiger partial charge is 0.393 e. The van der Waals surface area contributed by atoms with Crippen LogP contribution in [0, 0.1) is 5.92 Å². The molecule has 1 aromatic rings. The van der Waals surface area contributed by atoms with Crippen molar-refractivity contribution in [3.8, 4) is 0 Å². The van der Waals surface area contributed by atoms with Crippen molar-refractivity contribution >= 4 is 5.69 Å². The summed E-state index contributed by atoms with van der Waals surface area (Å²) in [6.07, 6.45) is 3.16. The average Bonchev–Trinajstić information content (AvgIpc) is 2.95. The minimum absolute atomic E-state index is 0.0443. The normalized spacial score (nSPS) is 29.4. The Morgan fingerprint density at radius 2 is 2.18 bits per heavy atom. The standard InChI is InChI=1S/C15H21NO/c1-15(2)5-6-16-13-4-3-10(8-12(13)15)7-11-9-14(11)17/h3-4,8,11,14,16-17H,5-7,9H2,1-2H3. The minimum atomic E-state index is -0.0443. The predicted octanol–water partition coefficient (Wildman–Crippen LogP) is 2.70. The number of nitrogens with one attached hydrogen (secondary N) is 1. The summed E-state index contributed by atoms with van der Waals surface area (Å²) in [6, 6.07) is 6.76. The molecule has 0 radical (unpaired) electrons. The van der Waals surface area contributed by atoms with E-state index in [0.717, 1.165) is 19.4 Å². The first-order valence-corrected chi connectivity index (χ1v) is 6.61. The van der Waals surface area contributed by atoms with E-state index in [4.69, 9.17) is 0 Å². The number of fused-ring (bicyclic) bond motifs is 1. The number of hydrogen-bond donors (Lipinski definition) is 2. The fraction of sp³-hybridized carbons (Fsp3) is 0.600. The summed E-state index contributed by atoms with van der Waals surface area (Å²) in [6.45, 7) is 5.71. The third-order valence-corrected chi connectivity index (χ3v) is 4.26. The van der Waals surface area contributed by atoms with Crippen LogP contribution in [0.5, 0.6) is 0 Å². The molecule has 0 bridgehead atoms. The van der Waals surface area contributed by atoms with Crippen molar-refractivity contribution in [2.75, 3.05) is 11.9 Å². The number of aliphatic hydroxyl groups is 1.